The fraction of sp³-hybridized carbons (Fsp3) is 0.429. The van der Waals surface area contributed by atoms with Crippen LogP contribution in [0.5, 0.6) is 0 Å². The van der Waals surface area contributed by atoms with Gasteiger partial charge in [-0.2, -0.15) is 0 Å². The summed E-state index contributed by atoms with van der Waals surface area (Å²) in [5.74, 6) is -0.0605. The molecular weight excluding hydrogens is 228 g/mol. The average molecular weight is 248 g/mol. The van der Waals surface area contributed by atoms with Crippen LogP contribution in [-0.4, -0.2) is 24.9 Å². The van der Waals surface area contributed by atoms with Crippen molar-refractivity contribution in [3.8, 4) is 0 Å². The third kappa shape index (κ3) is 4.57. The lowest BCUT2D eigenvalue weighted by atomic mass is 10.1. The van der Waals surface area contributed by atoms with Gasteiger partial charge in [-0.15, -0.1) is 0 Å². The van der Waals surface area contributed by atoms with E-state index in [0.29, 0.717) is 18.7 Å². The van der Waals surface area contributed by atoms with Crippen molar-refractivity contribution in [3.63, 3.8) is 0 Å². The van der Waals surface area contributed by atoms with Crippen LogP contribution in [0, 0.1) is 5.92 Å². The topological polar surface area (TPSA) is 58.2 Å². The van der Waals surface area contributed by atoms with E-state index < -0.39 is 0 Å². The summed E-state index contributed by atoms with van der Waals surface area (Å²) in [5, 5.41) is 5.54. The second-order valence-electron chi connectivity index (χ2n) is 4.22. The molecule has 0 saturated carbocycles. The number of hydrogen-bond donors (Lipinski definition) is 2. The van der Waals surface area contributed by atoms with Crippen LogP contribution < -0.4 is 10.6 Å². The van der Waals surface area contributed by atoms with E-state index in [2.05, 4.69) is 10.6 Å². The molecule has 1 rings (SSSR count). The third-order valence-corrected chi connectivity index (χ3v) is 2.81. The zero-order valence-corrected chi connectivity index (χ0v) is 10.9. The molecule has 2 N–H and O–H groups in total. The number of rotatable bonds is 6. The molecule has 0 aliphatic rings. The van der Waals surface area contributed by atoms with Gasteiger partial charge in [0.15, 0.2) is 0 Å². The highest BCUT2D eigenvalue weighted by Gasteiger charge is 2.09. The maximum Gasteiger partial charge on any atom is 0.251 e. The first-order valence-electron chi connectivity index (χ1n) is 6.26. The van der Waals surface area contributed by atoms with Crippen molar-refractivity contribution in [3.05, 3.63) is 35.9 Å². The van der Waals surface area contributed by atoms with Crippen molar-refractivity contribution in [2.24, 2.45) is 5.92 Å². The van der Waals surface area contributed by atoms with Gasteiger partial charge in [0.2, 0.25) is 5.91 Å². The van der Waals surface area contributed by atoms with Crippen LogP contribution in [0.4, 0.5) is 0 Å². The van der Waals surface area contributed by atoms with Gasteiger partial charge in [-0.1, -0.05) is 32.0 Å². The summed E-state index contributed by atoms with van der Waals surface area (Å²) >= 11 is 0. The van der Waals surface area contributed by atoms with E-state index in [0.717, 1.165) is 6.42 Å². The zero-order valence-electron chi connectivity index (χ0n) is 10.9. The number of hydrogen-bond acceptors (Lipinski definition) is 2. The van der Waals surface area contributed by atoms with Crippen LogP contribution in [0.2, 0.25) is 0 Å². The maximum atomic E-state index is 11.7. The Kier molecular flexibility index (Phi) is 5.91. The summed E-state index contributed by atoms with van der Waals surface area (Å²) in [4.78, 5) is 23.1. The van der Waals surface area contributed by atoms with Gasteiger partial charge in [0.1, 0.15) is 0 Å². The molecule has 0 aliphatic heterocycles. The van der Waals surface area contributed by atoms with Crippen LogP contribution in [0.25, 0.3) is 0 Å². The van der Waals surface area contributed by atoms with Crippen molar-refractivity contribution in [1.29, 1.82) is 0 Å². The van der Waals surface area contributed by atoms with Crippen LogP contribution in [0.15, 0.2) is 30.3 Å². The van der Waals surface area contributed by atoms with Gasteiger partial charge in [-0.25, -0.2) is 0 Å². The smallest absolute Gasteiger partial charge is 0.251 e. The van der Waals surface area contributed by atoms with Crippen molar-refractivity contribution in [1.82, 2.24) is 10.6 Å². The highest BCUT2D eigenvalue weighted by molar-refractivity contribution is 5.94. The number of amides is 2. The molecular formula is C14H20N2O2. The lowest BCUT2D eigenvalue weighted by Crippen LogP contribution is -2.36. The number of carbonyl (C=O) groups is 2. The van der Waals surface area contributed by atoms with Crippen molar-refractivity contribution >= 4 is 11.8 Å². The fourth-order valence-electron chi connectivity index (χ4n) is 1.41. The minimum atomic E-state index is -0.117. The molecule has 1 aromatic rings. The zero-order chi connectivity index (χ0) is 13.4. The fourth-order valence-corrected chi connectivity index (χ4v) is 1.41. The molecule has 0 heterocycles. The summed E-state index contributed by atoms with van der Waals surface area (Å²) in [5.41, 5.74) is 0.630. The number of carbonyl (C=O) groups excluding carboxylic acids is 2. The van der Waals surface area contributed by atoms with Gasteiger partial charge in [0.25, 0.3) is 5.91 Å². The first-order valence-corrected chi connectivity index (χ1v) is 6.26. The second-order valence-corrected chi connectivity index (χ2v) is 4.22. The Bertz CT molecular complexity index is 390. The Hall–Kier alpha value is -1.84. The van der Waals surface area contributed by atoms with Gasteiger partial charge in [-0.3, -0.25) is 9.59 Å². The molecule has 1 atom stereocenters. The maximum absolute atomic E-state index is 11.7. The molecule has 4 heteroatoms. The summed E-state index contributed by atoms with van der Waals surface area (Å²) in [6, 6.07) is 9.02. The third-order valence-electron chi connectivity index (χ3n) is 2.81. The predicted octanol–water partition coefficient (Wildman–Crippen LogP) is 1.58. The van der Waals surface area contributed by atoms with Crippen molar-refractivity contribution < 1.29 is 9.59 Å². The molecule has 0 fully saturated rings. The van der Waals surface area contributed by atoms with Gasteiger partial charge in [0, 0.05) is 24.6 Å². The average Bonchev–Trinajstić information content (AvgIpc) is 2.43. The van der Waals surface area contributed by atoms with Gasteiger partial charge in [0.05, 0.1) is 0 Å². The van der Waals surface area contributed by atoms with Gasteiger partial charge < -0.3 is 10.6 Å². The molecule has 18 heavy (non-hydrogen) atoms. The monoisotopic (exact) mass is 248 g/mol. The van der Waals surface area contributed by atoms with E-state index in [-0.39, 0.29) is 17.7 Å². The SMILES string of the molecule is CCC(C)C(=O)NCCNC(=O)c1ccccc1. The molecule has 2 amide bonds. The van der Waals surface area contributed by atoms with Gasteiger partial charge in [-0.05, 0) is 18.6 Å². The van der Waals surface area contributed by atoms with Crippen molar-refractivity contribution in [2.75, 3.05) is 13.1 Å². The predicted molar refractivity (Wildman–Crippen MR) is 71.2 cm³/mol. The molecule has 0 radical (unpaired) electrons. The van der Waals surface area contributed by atoms with Crippen LogP contribution in [0.3, 0.4) is 0 Å². The van der Waals surface area contributed by atoms with Crippen LogP contribution in [-0.2, 0) is 4.79 Å². The summed E-state index contributed by atoms with van der Waals surface area (Å²) in [6.45, 7) is 4.76. The van der Waals surface area contributed by atoms with Crippen LogP contribution >= 0.6 is 0 Å². The number of nitrogens with one attached hydrogen (secondary N) is 2. The minimum Gasteiger partial charge on any atom is -0.354 e. The normalized spacial score (nSPS) is 11.7. The molecule has 0 aromatic heterocycles. The molecule has 0 bridgehead atoms. The Labute approximate surface area is 108 Å². The Morgan fingerprint density at radius 1 is 1.11 bits per heavy atom. The Morgan fingerprint density at radius 2 is 1.72 bits per heavy atom. The Balaban J connectivity index is 2.23. The summed E-state index contributed by atoms with van der Waals surface area (Å²) < 4.78 is 0. The largest absolute Gasteiger partial charge is 0.354 e. The van der Waals surface area contributed by atoms with E-state index in [9.17, 15) is 9.59 Å². The van der Waals surface area contributed by atoms with E-state index in [1.165, 1.54) is 0 Å². The molecule has 0 saturated heterocycles. The Morgan fingerprint density at radius 3 is 2.33 bits per heavy atom. The summed E-state index contributed by atoms with van der Waals surface area (Å²) in [6.07, 6.45) is 0.822. The minimum absolute atomic E-state index is 0.0230. The molecule has 1 aromatic carbocycles. The second kappa shape index (κ2) is 7.48. The quantitative estimate of drug-likeness (QED) is 0.751. The standard InChI is InChI=1S/C14H20N2O2/c1-3-11(2)13(17)15-9-10-16-14(18)12-7-5-4-6-8-12/h4-8,11H,3,9-10H2,1-2H3,(H,15,17)(H,16,18). The molecule has 1 unspecified atom stereocenters. The summed E-state index contributed by atoms with van der Waals surface area (Å²) in [7, 11) is 0. The molecule has 4 nitrogen and oxygen atoms in total. The molecule has 0 aliphatic carbocycles. The van der Waals surface area contributed by atoms with E-state index in [4.69, 9.17) is 0 Å². The first-order chi connectivity index (χ1) is 8.65. The first kappa shape index (κ1) is 14.2. The molecule has 0 spiro atoms. The molecule has 98 valence electrons. The number of benzene rings is 1. The van der Waals surface area contributed by atoms with E-state index in [1.54, 1.807) is 12.1 Å². The van der Waals surface area contributed by atoms with E-state index in [1.807, 2.05) is 32.0 Å². The lowest BCUT2D eigenvalue weighted by Gasteiger charge is -2.10. The lowest BCUT2D eigenvalue weighted by molar-refractivity contribution is -0.124. The van der Waals surface area contributed by atoms with Crippen molar-refractivity contribution in [2.45, 2.75) is 20.3 Å². The van der Waals surface area contributed by atoms with E-state index >= 15 is 0 Å². The highest BCUT2D eigenvalue weighted by atomic mass is 16.2. The highest BCUT2D eigenvalue weighted by Crippen LogP contribution is 1.99. The van der Waals surface area contributed by atoms with Crippen LogP contribution in [0.1, 0.15) is 30.6 Å². The van der Waals surface area contributed by atoms with Gasteiger partial charge >= 0.3 is 0 Å².